The lowest BCUT2D eigenvalue weighted by molar-refractivity contribution is -0.155. The third kappa shape index (κ3) is 4.39. The molecule has 174 valence electrons. The van der Waals surface area contributed by atoms with Crippen LogP contribution < -0.4 is 5.32 Å². The van der Waals surface area contributed by atoms with Crippen LogP contribution in [-0.2, 0) is 36.7 Å². The molecule has 8 nitrogen and oxygen atoms in total. The van der Waals surface area contributed by atoms with Gasteiger partial charge in [0.25, 0.3) is 5.91 Å². The predicted octanol–water partition coefficient (Wildman–Crippen LogP) is 3.13. The maximum atomic E-state index is 12.7. The van der Waals surface area contributed by atoms with Gasteiger partial charge in [0.15, 0.2) is 6.61 Å². The smallest absolute Gasteiger partial charge is 0.341 e. The van der Waals surface area contributed by atoms with Crippen molar-refractivity contribution < 1.29 is 28.7 Å². The van der Waals surface area contributed by atoms with E-state index in [2.05, 4.69) is 5.32 Å². The number of nitrogens with zero attached hydrogens (tertiary/aromatic N) is 1. The molecule has 2 atom stereocenters. The lowest BCUT2D eigenvalue weighted by atomic mass is 9.95. The number of carbonyl (C=O) groups is 4. The number of thiophene rings is 1. The van der Waals surface area contributed by atoms with E-state index >= 15 is 0 Å². The van der Waals surface area contributed by atoms with E-state index in [9.17, 15) is 19.2 Å². The highest BCUT2D eigenvalue weighted by molar-refractivity contribution is 8.01. The Morgan fingerprint density at radius 3 is 2.72 bits per heavy atom. The van der Waals surface area contributed by atoms with Crippen LogP contribution in [0.25, 0.3) is 0 Å². The minimum Gasteiger partial charge on any atom is -0.459 e. The Labute approximate surface area is 195 Å². The van der Waals surface area contributed by atoms with Crippen LogP contribution in [0.2, 0.25) is 0 Å². The summed E-state index contributed by atoms with van der Waals surface area (Å²) in [5.41, 5.74) is 1.37. The number of ether oxygens (including phenoxy) is 2. The molecule has 32 heavy (non-hydrogen) atoms. The normalized spacial score (nSPS) is 24.3. The first-order valence-corrected chi connectivity index (χ1v) is 12.8. The molecule has 3 aliphatic rings. The molecule has 2 aliphatic heterocycles. The summed E-state index contributed by atoms with van der Waals surface area (Å²) in [4.78, 5) is 52.4. The summed E-state index contributed by atoms with van der Waals surface area (Å²) in [5, 5.41) is 3.19. The molecule has 0 bridgehead atoms. The summed E-state index contributed by atoms with van der Waals surface area (Å²) >= 11 is 2.96. The molecule has 0 spiro atoms. The van der Waals surface area contributed by atoms with Gasteiger partial charge in [-0.1, -0.05) is 0 Å². The first-order chi connectivity index (χ1) is 15.2. The topological polar surface area (TPSA) is 102 Å². The number of rotatable bonds is 6. The predicted molar refractivity (Wildman–Crippen MR) is 122 cm³/mol. The molecule has 0 unspecified atom stereocenters. The first kappa shape index (κ1) is 23.1. The number of carbonyl (C=O) groups excluding carboxylic acids is 4. The van der Waals surface area contributed by atoms with Gasteiger partial charge in [0.2, 0.25) is 5.91 Å². The molecule has 2 fully saturated rings. The molecular weight excluding hydrogens is 452 g/mol. The molecule has 2 amide bonds. The van der Waals surface area contributed by atoms with Crippen LogP contribution in [0.5, 0.6) is 0 Å². The molecule has 1 aromatic rings. The van der Waals surface area contributed by atoms with Gasteiger partial charge in [-0.05, 0) is 58.4 Å². The third-order valence-corrected chi connectivity index (χ3v) is 8.75. The Morgan fingerprint density at radius 2 is 1.97 bits per heavy atom. The maximum Gasteiger partial charge on any atom is 0.341 e. The van der Waals surface area contributed by atoms with E-state index in [1.807, 2.05) is 6.92 Å². The van der Waals surface area contributed by atoms with E-state index in [0.717, 1.165) is 36.1 Å². The van der Waals surface area contributed by atoms with E-state index in [1.54, 1.807) is 30.5 Å². The van der Waals surface area contributed by atoms with Crippen LogP contribution in [0.4, 0.5) is 5.00 Å². The van der Waals surface area contributed by atoms with Crippen molar-refractivity contribution in [3.63, 3.8) is 0 Å². The molecule has 1 aliphatic carbocycles. The first-order valence-electron chi connectivity index (χ1n) is 11.0. The van der Waals surface area contributed by atoms with Gasteiger partial charge < -0.3 is 19.7 Å². The number of aryl methyl sites for hydroxylation is 1. The minimum absolute atomic E-state index is 0.0543. The van der Waals surface area contributed by atoms with Crippen molar-refractivity contribution in [1.29, 1.82) is 0 Å². The molecular formula is C22H28N2O6S2. The third-order valence-electron chi connectivity index (χ3n) is 6.03. The highest BCUT2D eigenvalue weighted by atomic mass is 32.2. The molecule has 2 saturated heterocycles. The van der Waals surface area contributed by atoms with Gasteiger partial charge in [0.05, 0.1) is 16.5 Å². The largest absolute Gasteiger partial charge is 0.459 e. The highest BCUT2D eigenvalue weighted by Crippen LogP contribution is 2.47. The number of hydrogen-bond donors (Lipinski definition) is 1. The Morgan fingerprint density at radius 1 is 1.22 bits per heavy atom. The van der Waals surface area contributed by atoms with Gasteiger partial charge in [-0.25, -0.2) is 9.59 Å². The molecule has 0 saturated carbocycles. The van der Waals surface area contributed by atoms with Crippen LogP contribution in [0.3, 0.4) is 0 Å². The average molecular weight is 481 g/mol. The molecule has 4 rings (SSSR count). The van der Waals surface area contributed by atoms with E-state index in [-0.39, 0.29) is 16.9 Å². The second-order valence-electron chi connectivity index (χ2n) is 8.79. The maximum absolute atomic E-state index is 12.7. The van der Waals surface area contributed by atoms with Gasteiger partial charge >= 0.3 is 11.9 Å². The lowest BCUT2D eigenvalue weighted by Crippen LogP contribution is -2.47. The van der Waals surface area contributed by atoms with Gasteiger partial charge in [-0.3, -0.25) is 9.59 Å². The van der Waals surface area contributed by atoms with E-state index in [0.29, 0.717) is 29.2 Å². The fourth-order valence-electron chi connectivity index (χ4n) is 4.53. The quantitative estimate of drug-likeness (QED) is 0.624. The van der Waals surface area contributed by atoms with Crippen LogP contribution in [0.15, 0.2) is 0 Å². The van der Waals surface area contributed by atoms with E-state index in [4.69, 9.17) is 9.47 Å². The van der Waals surface area contributed by atoms with Gasteiger partial charge in [-0.15, -0.1) is 23.1 Å². The fraction of sp³-hybridized carbons (Fsp3) is 0.636. The van der Waals surface area contributed by atoms with Crippen molar-refractivity contribution in [3.8, 4) is 0 Å². The van der Waals surface area contributed by atoms with Gasteiger partial charge in [-0.2, -0.15) is 0 Å². The lowest BCUT2D eigenvalue weighted by Gasteiger charge is -2.29. The van der Waals surface area contributed by atoms with Gasteiger partial charge in [0, 0.05) is 17.1 Å². The van der Waals surface area contributed by atoms with Gasteiger partial charge in [0.1, 0.15) is 11.0 Å². The zero-order valence-corrected chi connectivity index (χ0v) is 20.2. The summed E-state index contributed by atoms with van der Waals surface area (Å²) in [6.45, 7) is 5.05. The second kappa shape index (κ2) is 9.05. The standard InChI is InChI=1S/C22H28N2O6S2/c1-12(2)30-21(28)18-13-6-4-5-7-15(13)32-19(18)23-16(25)10-29-20(27)14-11-31-22(3)9-8-17(26)24(14)22/h12,14H,4-11H2,1-3H3,(H,23,25)/t14-,22-/m1/s1. The minimum atomic E-state index is -0.668. The monoisotopic (exact) mass is 480 g/mol. The van der Waals surface area contributed by atoms with Crippen LogP contribution >= 0.6 is 23.1 Å². The van der Waals surface area contributed by atoms with E-state index in [1.165, 1.54) is 11.3 Å². The Balaban J connectivity index is 1.41. The summed E-state index contributed by atoms with van der Waals surface area (Å²) in [6, 6.07) is -0.668. The summed E-state index contributed by atoms with van der Waals surface area (Å²) in [5.74, 6) is -1.12. The molecule has 0 aromatic carbocycles. The molecule has 1 N–H and O–H groups in total. The summed E-state index contributed by atoms with van der Waals surface area (Å²) < 4.78 is 10.7. The fourth-order valence-corrected chi connectivity index (χ4v) is 7.24. The van der Waals surface area contributed by atoms with Crippen molar-refractivity contribution >= 4 is 51.9 Å². The van der Waals surface area contributed by atoms with Crippen molar-refractivity contribution in [2.45, 2.75) is 76.3 Å². The van der Waals surface area contributed by atoms with Crippen LogP contribution in [0.1, 0.15) is 67.3 Å². The van der Waals surface area contributed by atoms with Crippen molar-refractivity contribution in [2.75, 3.05) is 17.7 Å². The number of amides is 2. The number of thioether (sulfide) groups is 1. The Bertz CT molecular complexity index is 958. The summed E-state index contributed by atoms with van der Waals surface area (Å²) in [6.07, 6.45) is 4.55. The van der Waals surface area contributed by atoms with Crippen molar-refractivity contribution in [2.24, 2.45) is 0 Å². The van der Waals surface area contributed by atoms with Crippen LogP contribution in [-0.4, -0.2) is 58.0 Å². The Kier molecular flexibility index (Phi) is 6.53. The highest BCUT2D eigenvalue weighted by Gasteiger charge is 2.53. The van der Waals surface area contributed by atoms with E-state index < -0.39 is 30.5 Å². The number of esters is 2. The van der Waals surface area contributed by atoms with Crippen LogP contribution in [0, 0.1) is 0 Å². The molecule has 10 heteroatoms. The van der Waals surface area contributed by atoms with Crippen molar-refractivity contribution in [3.05, 3.63) is 16.0 Å². The van der Waals surface area contributed by atoms with Crippen molar-refractivity contribution in [1.82, 2.24) is 4.90 Å². The SMILES string of the molecule is CC(C)OC(=O)c1c(NC(=O)COC(=O)[C@H]2CS[C@]3(C)CCC(=O)N23)sc2c1CCCC2. The Hall–Kier alpha value is -2.07. The number of nitrogens with one attached hydrogen (secondary N) is 1. The average Bonchev–Trinajstić information content (AvgIpc) is 3.36. The number of hydrogen-bond acceptors (Lipinski definition) is 8. The molecule has 3 heterocycles. The zero-order valence-electron chi connectivity index (χ0n) is 18.5. The molecule has 0 radical (unpaired) electrons. The summed E-state index contributed by atoms with van der Waals surface area (Å²) in [7, 11) is 0. The molecule has 1 aromatic heterocycles. The number of fused-ring (bicyclic) bond motifs is 2. The second-order valence-corrected chi connectivity index (χ2v) is 11.4. The zero-order chi connectivity index (χ0) is 23.0. The number of anilines is 1.